The number of nitro benzene ring substituents is 1. The highest BCUT2D eigenvalue weighted by Crippen LogP contribution is 2.39. The van der Waals surface area contributed by atoms with E-state index in [0.29, 0.717) is 31.1 Å². The number of nitrogens with one attached hydrogen (secondary N) is 1. The Morgan fingerprint density at radius 3 is 2.67 bits per heavy atom. The summed E-state index contributed by atoms with van der Waals surface area (Å²) in [6.45, 7) is 7.82. The van der Waals surface area contributed by atoms with Crippen LogP contribution in [0, 0.1) is 24.0 Å². The second kappa shape index (κ2) is 9.84. The largest absolute Gasteiger partial charge is 0.489 e. The second-order valence-electron chi connectivity index (χ2n) is 7.03. The van der Waals surface area contributed by atoms with Crippen molar-refractivity contribution in [3.63, 3.8) is 0 Å². The summed E-state index contributed by atoms with van der Waals surface area (Å²) in [6.07, 6.45) is 2.78. The average molecular weight is 435 g/mol. The third-order valence-electron chi connectivity index (χ3n) is 4.83. The van der Waals surface area contributed by atoms with Gasteiger partial charge in [-0.2, -0.15) is 0 Å². The number of nitro groups is 1. The van der Waals surface area contributed by atoms with E-state index in [9.17, 15) is 14.9 Å². The molecule has 0 spiro atoms. The van der Waals surface area contributed by atoms with Crippen molar-refractivity contribution < 1.29 is 19.2 Å². The Kier molecular flexibility index (Phi) is 7.20. The smallest absolute Gasteiger partial charge is 0.296 e. The van der Waals surface area contributed by atoms with E-state index in [4.69, 9.17) is 9.47 Å². The molecule has 9 nitrogen and oxygen atoms in total. The molecule has 30 heavy (non-hydrogen) atoms. The number of nitrogens with zero attached hydrogens (tertiary/aromatic N) is 3. The summed E-state index contributed by atoms with van der Waals surface area (Å²) < 4.78 is 13.2. The van der Waals surface area contributed by atoms with Crippen LogP contribution in [-0.4, -0.2) is 39.3 Å². The fourth-order valence-electron chi connectivity index (χ4n) is 3.08. The Labute approximate surface area is 179 Å². The fourth-order valence-corrected chi connectivity index (χ4v) is 4.00. The molecule has 162 valence electrons. The van der Waals surface area contributed by atoms with Crippen molar-refractivity contribution in [2.75, 3.05) is 24.3 Å². The van der Waals surface area contributed by atoms with Gasteiger partial charge in [0, 0.05) is 24.7 Å². The van der Waals surface area contributed by atoms with E-state index in [1.807, 2.05) is 13.8 Å². The van der Waals surface area contributed by atoms with E-state index in [0.717, 1.165) is 35.9 Å². The highest BCUT2D eigenvalue weighted by molar-refractivity contribution is 7.99. The zero-order valence-corrected chi connectivity index (χ0v) is 18.2. The zero-order valence-electron chi connectivity index (χ0n) is 17.4. The van der Waals surface area contributed by atoms with Gasteiger partial charge >= 0.3 is 0 Å². The number of aromatic nitrogens is 2. The van der Waals surface area contributed by atoms with Crippen LogP contribution >= 0.6 is 11.8 Å². The van der Waals surface area contributed by atoms with Gasteiger partial charge in [-0.1, -0.05) is 25.1 Å². The third kappa shape index (κ3) is 5.05. The molecule has 1 amide bonds. The number of thioether (sulfide) groups is 1. The van der Waals surface area contributed by atoms with E-state index in [-0.39, 0.29) is 23.0 Å². The van der Waals surface area contributed by atoms with E-state index < -0.39 is 4.92 Å². The maximum Gasteiger partial charge on any atom is 0.296 e. The van der Waals surface area contributed by atoms with Gasteiger partial charge in [0.05, 0.1) is 35.7 Å². The van der Waals surface area contributed by atoms with Gasteiger partial charge in [0.1, 0.15) is 5.69 Å². The first-order valence-electron chi connectivity index (χ1n) is 9.95. The number of unbranched alkanes of at least 4 members (excludes halogenated alkanes) is 1. The Morgan fingerprint density at radius 2 is 2.00 bits per heavy atom. The zero-order chi connectivity index (χ0) is 21.7. The van der Waals surface area contributed by atoms with Crippen LogP contribution in [0.4, 0.5) is 11.4 Å². The molecule has 0 radical (unpaired) electrons. The number of anilines is 1. The number of imidazole rings is 1. The van der Waals surface area contributed by atoms with E-state index in [1.54, 1.807) is 0 Å². The summed E-state index contributed by atoms with van der Waals surface area (Å²) in [6, 6.07) is 2.76. The van der Waals surface area contributed by atoms with Crippen molar-refractivity contribution in [2.24, 2.45) is 0 Å². The molecule has 1 N–H and O–H groups in total. The number of amides is 1. The molecule has 1 aromatic carbocycles. The Balaban J connectivity index is 1.73. The summed E-state index contributed by atoms with van der Waals surface area (Å²) in [7, 11) is 0. The lowest BCUT2D eigenvalue weighted by Crippen LogP contribution is -2.16. The molecule has 1 aromatic heterocycles. The van der Waals surface area contributed by atoms with Gasteiger partial charge in [-0.15, -0.1) is 0 Å². The minimum atomic E-state index is -0.540. The maximum absolute atomic E-state index is 12.6. The van der Waals surface area contributed by atoms with Crippen molar-refractivity contribution >= 4 is 29.0 Å². The van der Waals surface area contributed by atoms with Crippen molar-refractivity contribution in [1.82, 2.24) is 9.55 Å². The lowest BCUT2D eigenvalue weighted by atomic mass is 10.2. The van der Waals surface area contributed by atoms with Gasteiger partial charge in [-0.05, 0) is 20.3 Å². The van der Waals surface area contributed by atoms with Crippen molar-refractivity contribution in [3.05, 3.63) is 33.6 Å². The molecule has 1 aliphatic rings. The molecule has 2 aromatic rings. The first-order chi connectivity index (χ1) is 14.4. The average Bonchev–Trinajstić information content (AvgIpc) is 2.86. The number of fused-ring (bicyclic) bond motifs is 1. The van der Waals surface area contributed by atoms with E-state index >= 15 is 0 Å². The molecule has 0 saturated heterocycles. The Hall–Kier alpha value is -2.75. The molecule has 0 bridgehead atoms. The molecular weight excluding hydrogens is 408 g/mol. The van der Waals surface area contributed by atoms with E-state index in [1.165, 1.54) is 23.9 Å². The fraction of sp³-hybridized carbons (Fsp3) is 0.500. The minimum Gasteiger partial charge on any atom is -0.489 e. The summed E-state index contributed by atoms with van der Waals surface area (Å²) >= 11 is 1.32. The van der Waals surface area contributed by atoms with Crippen LogP contribution in [0.25, 0.3) is 0 Å². The standard InChI is InChI=1S/C20H26N4O5S/c1-4-5-7-23-14(3)13(2)21-20(23)30-12-19(25)22-15-10-17-18(11-16(15)24(26)27)29-9-6-8-28-17/h10-11H,4-9,12H2,1-3H3,(H,22,25). The second-order valence-corrected chi connectivity index (χ2v) is 7.97. The SMILES string of the molecule is CCCCn1c(SCC(=O)Nc2cc3c(cc2[N+](=O)[O-])OCCCO3)nc(C)c1C. The van der Waals surface area contributed by atoms with Gasteiger partial charge in [0.2, 0.25) is 5.91 Å². The summed E-state index contributed by atoms with van der Waals surface area (Å²) in [5.74, 6) is 0.448. The van der Waals surface area contributed by atoms with Crippen molar-refractivity contribution in [2.45, 2.75) is 51.7 Å². The lowest BCUT2D eigenvalue weighted by molar-refractivity contribution is -0.384. The normalized spacial score (nSPS) is 13.0. The quantitative estimate of drug-likeness (QED) is 0.378. The van der Waals surface area contributed by atoms with Crippen LogP contribution in [0.2, 0.25) is 0 Å². The van der Waals surface area contributed by atoms with Crippen LogP contribution in [-0.2, 0) is 11.3 Å². The number of hydrogen-bond acceptors (Lipinski definition) is 7. The van der Waals surface area contributed by atoms with Crippen LogP contribution in [0.15, 0.2) is 17.3 Å². The molecule has 0 saturated carbocycles. The molecule has 0 fully saturated rings. The van der Waals surface area contributed by atoms with Gasteiger partial charge in [-0.3, -0.25) is 14.9 Å². The summed E-state index contributed by atoms with van der Waals surface area (Å²) in [5, 5.41) is 14.9. The topological polar surface area (TPSA) is 109 Å². The number of hydrogen-bond donors (Lipinski definition) is 1. The number of carbonyl (C=O) groups is 1. The van der Waals surface area contributed by atoms with Crippen LogP contribution < -0.4 is 14.8 Å². The minimum absolute atomic E-state index is 0.0909. The Bertz CT molecular complexity index is 944. The van der Waals surface area contributed by atoms with Crippen molar-refractivity contribution in [3.8, 4) is 11.5 Å². The predicted molar refractivity (Wildman–Crippen MR) is 115 cm³/mol. The predicted octanol–water partition coefficient (Wildman–Crippen LogP) is 4.10. The van der Waals surface area contributed by atoms with Crippen molar-refractivity contribution in [1.29, 1.82) is 0 Å². The van der Waals surface area contributed by atoms with Crippen LogP contribution in [0.3, 0.4) is 0 Å². The molecule has 10 heteroatoms. The first-order valence-corrected chi connectivity index (χ1v) is 10.9. The van der Waals surface area contributed by atoms with Gasteiger partial charge in [0.25, 0.3) is 5.69 Å². The Morgan fingerprint density at radius 1 is 1.30 bits per heavy atom. The number of ether oxygens (including phenoxy) is 2. The summed E-state index contributed by atoms with van der Waals surface area (Å²) in [5.41, 5.74) is 1.89. The third-order valence-corrected chi connectivity index (χ3v) is 5.80. The lowest BCUT2D eigenvalue weighted by Gasteiger charge is -2.12. The number of rotatable bonds is 8. The number of carbonyl (C=O) groups excluding carboxylic acids is 1. The van der Waals surface area contributed by atoms with Gasteiger partial charge in [-0.25, -0.2) is 4.98 Å². The van der Waals surface area contributed by atoms with Gasteiger partial charge < -0.3 is 19.4 Å². The molecular formula is C20H26N4O5S. The number of aryl methyl sites for hydroxylation is 1. The highest BCUT2D eigenvalue weighted by atomic mass is 32.2. The van der Waals surface area contributed by atoms with E-state index in [2.05, 4.69) is 21.8 Å². The molecule has 1 aliphatic heterocycles. The summed E-state index contributed by atoms with van der Waals surface area (Å²) in [4.78, 5) is 28.0. The highest BCUT2D eigenvalue weighted by Gasteiger charge is 2.23. The van der Waals surface area contributed by atoms with Gasteiger partial charge in [0.15, 0.2) is 16.7 Å². The molecule has 2 heterocycles. The van der Waals surface area contributed by atoms with Crippen LogP contribution in [0.1, 0.15) is 37.6 Å². The molecule has 0 unspecified atom stereocenters. The molecule has 0 atom stereocenters. The molecule has 0 aliphatic carbocycles. The first kappa shape index (κ1) is 21.9. The maximum atomic E-state index is 12.6. The molecule has 3 rings (SSSR count). The number of benzene rings is 1. The monoisotopic (exact) mass is 434 g/mol. The van der Waals surface area contributed by atoms with Crippen LogP contribution in [0.5, 0.6) is 11.5 Å².